The number of hydrogen-bond acceptors (Lipinski definition) is 3. The van der Waals surface area contributed by atoms with Crippen LogP contribution in [0.5, 0.6) is 0 Å². The van der Waals surface area contributed by atoms with Crippen molar-refractivity contribution >= 4 is 5.97 Å². The van der Waals surface area contributed by atoms with Crippen LogP contribution in [0.4, 0.5) is 0 Å². The van der Waals surface area contributed by atoms with Crippen LogP contribution >= 0.6 is 0 Å². The molecule has 0 aliphatic rings. The van der Waals surface area contributed by atoms with Crippen LogP contribution in [0, 0.1) is 5.92 Å². The summed E-state index contributed by atoms with van der Waals surface area (Å²) in [6.45, 7) is 3.80. The highest BCUT2D eigenvalue weighted by Gasteiger charge is 2.05. The van der Waals surface area contributed by atoms with Gasteiger partial charge in [-0.3, -0.25) is 4.79 Å². The van der Waals surface area contributed by atoms with Gasteiger partial charge in [-0.2, -0.15) is 0 Å². The minimum atomic E-state index is -0.710. The van der Waals surface area contributed by atoms with Gasteiger partial charge in [0.05, 0.1) is 12.5 Å². The van der Waals surface area contributed by atoms with Crippen LogP contribution in [0.1, 0.15) is 31.7 Å². The summed E-state index contributed by atoms with van der Waals surface area (Å²) in [5, 5.41) is 11.8. The summed E-state index contributed by atoms with van der Waals surface area (Å²) in [6, 6.07) is 1.93. The van der Waals surface area contributed by atoms with Crippen molar-refractivity contribution in [2.75, 3.05) is 6.54 Å². The first-order chi connectivity index (χ1) is 7.68. The summed E-state index contributed by atoms with van der Waals surface area (Å²) in [5.41, 5.74) is 1.14. The molecule has 0 aliphatic carbocycles. The second-order valence-electron chi connectivity index (χ2n) is 4.13. The van der Waals surface area contributed by atoms with E-state index in [1.807, 2.05) is 6.07 Å². The normalized spacial score (nSPS) is 12.6. The Morgan fingerprint density at radius 3 is 3.00 bits per heavy atom. The third-order valence-corrected chi connectivity index (χ3v) is 2.57. The van der Waals surface area contributed by atoms with Gasteiger partial charge < -0.3 is 14.8 Å². The monoisotopic (exact) mass is 225 g/mol. The van der Waals surface area contributed by atoms with E-state index >= 15 is 0 Å². The fourth-order valence-corrected chi connectivity index (χ4v) is 1.49. The second-order valence-corrected chi connectivity index (χ2v) is 4.13. The van der Waals surface area contributed by atoms with Gasteiger partial charge in [0, 0.05) is 18.5 Å². The van der Waals surface area contributed by atoms with Crippen LogP contribution in [-0.2, 0) is 11.3 Å². The van der Waals surface area contributed by atoms with Crippen LogP contribution in [-0.4, -0.2) is 17.6 Å². The van der Waals surface area contributed by atoms with Gasteiger partial charge in [0.15, 0.2) is 0 Å². The molecule has 1 aromatic rings. The molecule has 0 spiro atoms. The molecule has 4 nitrogen and oxygen atoms in total. The highest BCUT2D eigenvalue weighted by Crippen LogP contribution is 2.09. The Morgan fingerprint density at radius 1 is 1.56 bits per heavy atom. The summed E-state index contributed by atoms with van der Waals surface area (Å²) in [4.78, 5) is 10.4. The van der Waals surface area contributed by atoms with E-state index in [1.165, 1.54) is 0 Å². The molecule has 1 unspecified atom stereocenters. The molecule has 0 aromatic carbocycles. The molecule has 16 heavy (non-hydrogen) atoms. The lowest BCUT2D eigenvalue weighted by molar-refractivity contribution is -0.137. The lowest BCUT2D eigenvalue weighted by Gasteiger charge is -2.10. The molecule has 2 N–H and O–H groups in total. The van der Waals surface area contributed by atoms with E-state index in [2.05, 4.69) is 12.2 Å². The minimum absolute atomic E-state index is 0.267. The molecule has 0 saturated carbocycles. The zero-order valence-corrected chi connectivity index (χ0v) is 9.61. The highest BCUT2D eigenvalue weighted by atomic mass is 16.4. The van der Waals surface area contributed by atoms with E-state index in [0.29, 0.717) is 5.92 Å². The van der Waals surface area contributed by atoms with Crippen molar-refractivity contribution in [1.29, 1.82) is 0 Å². The van der Waals surface area contributed by atoms with Crippen molar-refractivity contribution in [1.82, 2.24) is 5.32 Å². The van der Waals surface area contributed by atoms with E-state index in [9.17, 15) is 4.79 Å². The molecule has 0 aliphatic heterocycles. The zero-order chi connectivity index (χ0) is 11.8. The number of nitrogens with one attached hydrogen (secondary N) is 1. The number of carboxylic acids is 1. The predicted octanol–water partition coefficient (Wildman–Crippen LogP) is 2.26. The average molecular weight is 225 g/mol. The molecule has 1 rings (SSSR count). The Kier molecular flexibility index (Phi) is 5.64. The van der Waals surface area contributed by atoms with Gasteiger partial charge in [-0.1, -0.05) is 6.92 Å². The number of hydrogen-bond donors (Lipinski definition) is 2. The maximum absolute atomic E-state index is 10.4. The van der Waals surface area contributed by atoms with Gasteiger partial charge in [0.25, 0.3) is 0 Å². The molecular weight excluding hydrogens is 206 g/mol. The van der Waals surface area contributed by atoms with Crippen molar-refractivity contribution in [3.05, 3.63) is 24.2 Å². The lowest BCUT2D eigenvalue weighted by atomic mass is 10.0. The SMILES string of the molecule is CC(CCNCc1ccoc1)CCC(=O)O. The zero-order valence-electron chi connectivity index (χ0n) is 9.61. The molecule has 0 radical (unpaired) electrons. The lowest BCUT2D eigenvalue weighted by Crippen LogP contribution is -2.17. The Balaban J connectivity index is 2.00. The van der Waals surface area contributed by atoms with Crippen LogP contribution < -0.4 is 5.32 Å². The molecule has 4 heteroatoms. The van der Waals surface area contributed by atoms with Crippen molar-refractivity contribution in [3.63, 3.8) is 0 Å². The first-order valence-corrected chi connectivity index (χ1v) is 5.62. The average Bonchev–Trinajstić information content (AvgIpc) is 2.74. The van der Waals surface area contributed by atoms with Crippen molar-refractivity contribution in [2.24, 2.45) is 5.92 Å². The van der Waals surface area contributed by atoms with Crippen LogP contribution in [0.15, 0.2) is 23.0 Å². The van der Waals surface area contributed by atoms with Crippen LogP contribution in [0.25, 0.3) is 0 Å². The predicted molar refractivity (Wildman–Crippen MR) is 61.1 cm³/mol. The summed E-state index contributed by atoms with van der Waals surface area (Å²) in [6.07, 6.45) is 5.41. The Labute approximate surface area is 95.7 Å². The van der Waals surface area contributed by atoms with E-state index < -0.39 is 5.97 Å². The van der Waals surface area contributed by atoms with Gasteiger partial charge >= 0.3 is 5.97 Å². The number of carboxylic acid groups (broad SMARTS) is 1. The molecule has 0 saturated heterocycles. The molecule has 90 valence electrons. The van der Waals surface area contributed by atoms with Gasteiger partial charge in [0.2, 0.25) is 0 Å². The quantitative estimate of drug-likeness (QED) is 0.666. The maximum atomic E-state index is 10.4. The number of rotatable bonds is 8. The third-order valence-electron chi connectivity index (χ3n) is 2.57. The molecular formula is C12H19NO3. The van der Waals surface area contributed by atoms with Crippen molar-refractivity contribution < 1.29 is 14.3 Å². The first-order valence-electron chi connectivity index (χ1n) is 5.62. The van der Waals surface area contributed by atoms with E-state index in [0.717, 1.165) is 31.5 Å². The minimum Gasteiger partial charge on any atom is -0.481 e. The molecule has 0 bridgehead atoms. The van der Waals surface area contributed by atoms with Gasteiger partial charge in [-0.15, -0.1) is 0 Å². The maximum Gasteiger partial charge on any atom is 0.303 e. The molecule has 1 aromatic heterocycles. The number of aliphatic carboxylic acids is 1. The first kappa shape index (κ1) is 12.8. The second kappa shape index (κ2) is 7.06. The molecule has 0 fully saturated rings. The summed E-state index contributed by atoms with van der Waals surface area (Å²) in [7, 11) is 0. The fraction of sp³-hybridized carbons (Fsp3) is 0.583. The van der Waals surface area contributed by atoms with Crippen molar-refractivity contribution in [3.8, 4) is 0 Å². The number of furan rings is 1. The molecule has 0 amide bonds. The topological polar surface area (TPSA) is 62.5 Å². The van der Waals surface area contributed by atoms with E-state index in [4.69, 9.17) is 9.52 Å². The third kappa shape index (κ3) is 5.56. The van der Waals surface area contributed by atoms with Gasteiger partial charge in [-0.25, -0.2) is 0 Å². The number of carbonyl (C=O) groups is 1. The van der Waals surface area contributed by atoms with Gasteiger partial charge in [0.1, 0.15) is 0 Å². The summed E-state index contributed by atoms with van der Waals surface area (Å²) < 4.78 is 4.95. The van der Waals surface area contributed by atoms with Crippen LogP contribution in [0.2, 0.25) is 0 Å². The highest BCUT2D eigenvalue weighted by molar-refractivity contribution is 5.66. The molecule has 1 atom stereocenters. The Hall–Kier alpha value is -1.29. The molecule has 1 heterocycles. The van der Waals surface area contributed by atoms with E-state index in [1.54, 1.807) is 12.5 Å². The standard InChI is InChI=1S/C12H19NO3/c1-10(2-3-12(14)15)4-6-13-8-11-5-7-16-9-11/h5,7,9-10,13H,2-4,6,8H2,1H3,(H,14,15). The Bertz CT molecular complexity index is 295. The van der Waals surface area contributed by atoms with Crippen molar-refractivity contribution in [2.45, 2.75) is 32.7 Å². The summed E-state index contributed by atoms with van der Waals surface area (Å²) in [5.74, 6) is -0.258. The largest absolute Gasteiger partial charge is 0.481 e. The van der Waals surface area contributed by atoms with Gasteiger partial charge in [-0.05, 0) is 31.4 Å². The smallest absolute Gasteiger partial charge is 0.303 e. The van der Waals surface area contributed by atoms with Crippen LogP contribution in [0.3, 0.4) is 0 Å². The Morgan fingerprint density at radius 2 is 2.38 bits per heavy atom. The summed E-state index contributed by atoms with van der Waals surface area (Å²) >= 11 is 0. The van der Waals surface area contributed by atoms with E-state index in [-0.39, 0.29) is 6.42 Å². The fourth-order valence-electron chi connectivity index (χ4n) is 1.49.